The molecule has 3 nitrogen and oxygen atoms in total. The fraction of sp³-hybridized carbons (Fsp3) is 0. The van der Waals surface area contributed by atoms with E-state index in [1.165, 1.54) is 0 Å². The molecule has 15 heavy (non-hydrogen) atoms. The van der Waals surface area contributed by atoms with Gasteiger partial charge in [-0.25, -0.2) is 0 Å². The molecule has 0 aliphatic rings. The maximum Gasteiger partial charge on any atom is 0.187 e. The number of hydrogen-bond donors (Lipinski definition) is 0. The van der Waals surface area contributed by atoms with Crippen molar-refractivity contribution in [1.29, 1.82) is 11.9 Å². The van der Waals surface area contributed by atoms with Gasteiger partial charge in [-0.15, -0.1) is 0 Å². The third kappa shape index (κ3) is 2.33. The van der Waals surface area contributed by atoms with Gasteiger partial charge >= 0.3 is 0 Å². The average molecular weight is 194 g/mol. The average Bonchev–Trinajstić information content (AvgIpc) is 2.36. The highest BCUT2D eigenvalue weighted by Crippen LogP contribution is 2.18. The summed E-state index contributed by atoms with van der Waals surface area (Å²) in [5, 5.41) is 17.5. The second-order valence-corrected chi connectivity index (χ2v) is 2.70. The van der Waals surface area contributed by atoms with Gasteiger partial charge < -0.3 is 4.79 Å². The summed E-state index contributed by atoms with van der Waals surface area (Å²) < 4.78 is 6.90. The molecule has 1 rings (SSSR count). The molecule has 0 amide bonds. The number of nitrogens with zero attached hydrogens (tertiary/aromatic N) is 2. The molecule has 0 saturated heterocycles. The van der Waals surface area contributed by atoms with Crippen molar-refractivity contribution in [3.63, 3.8) is 0 Å². The fourth-order valence-corrected chi connectivity index (χ4v) is 1.15. The lowest BCUT2D eigenvalue weighted by Crippen LogP contribution is -2.03. The first kappa shape index (κ1) is 9.24. The van der Waals surface area contributed by atoms with Crippen LogP contribution in [-0.2, 0) is 4.79 Å². The lowest BCUT2D eigenvalue weighted by Gasteiger charge is -2.02. The minimum absolute atomic E-state index is 0.0272. The molecule has 0 heterocycles. The molecule has 0 saturated carbocycles. The van der Waals surface area contributed by atoms with Crippen LogP contribution in [-0.4, -0.2) is 14.8 Å². The van der Waals surface area contributed by atoms with E-state index in [0.717, 1.165) is 0 Å². The highest BCUT2D eigenvalue weighted by Gasteiger charge is 2.12. The Morgan fingerprint density at radius 3 is 2.33 bits per heavy atom. The van der Waals surface area contributed by atoms with E-state index in [2.05, 4.69) is 0 Å². The molecular formula is C11H6BN2O. The normalized spacial score (nSPS) is 9.07. The number of hydrogen-bond acceptors (Lipinski definition) is 3. The first-order chi connectivity index (χ1) is 7.74. The van der Waals surface area contributed by atoms with Gasteiger partial charge in [0.1, 0.15) is 23.4 Å². The van der Waals surface area contributed by atoms with Crippen molar-refractivity contribution >= 4 is 19.1 Å². The van der Waals surface area contributed by atoms with E-state index in [1.807, 2.05) is 0 Å². The van der Waals surface area contributed by atoms with Gasteiger partial charge in [0.2, 0.25) is 0 Å². The first-order valence-electron chi connectivity index (χ1n) is 4.68. The highest BCUT2D eigenvalue weighted by atomic mass is 16.1. The number of carbonyl (C=O) groups excluding carboxylic acids is 1. The van der Waals surface area contributed by atoms with Crippen LogP contribution >= 0.6 is 0 Å². The van der Waals surface area contributed by atoms with E-state index in [4.69, 9.17) is 11.9 Å². The largest absolute Gasteiger partial charge is 0.307 e. The number of carbonyl (C=O) groups is 1. The number of nitriles is 2. The Morgan fingerprint density at radius 1 is 1.27 bits per heavy atom. The standard InChI is InChI=1S/C11H6BN2O/c12-11(15)10(9(6-13)7-14)8-4-2-1-3-5-8/h1-5,12H/i12D. The number of allylic oxidation sites excluding steroid dienone is 2. The van der Waals surface area contributed by atoms with Crippen molar-refractivity contribution in [2.45, 2.75) is 0 Å². The monoisotopic (exact) mass is 194 g/mol. The molecular weight excluding hydrogens is 187 g/mol. The van der Waals surface area contributed by atoms with Crippen LogP contribution in [0.15, 0.2) is 35.9 Å². The minimum atomic E-state index is -0.649. The van der Waals surface area contributed by atoms with Crippen molar-refractivity contribution in [3.8, 4) is 12.1 Å². The van der Waals surface area contributed by atoms with Gasteiger partial charge in [0.05, 0.1) is 0 Å². The maximum atomic E-state index is 11.5. The highest BCUT2D eigenvalue weighted by molar-refractivity contribution is 6.70. The second-order valence-electron chi connectivity index (χ2n) is 2.70. The summed E-state index contributed by atoms with van der Waals surface area (Å²) in [5.74, 6) is 0. The Kier molecular flexibility index (Phi) is 2.95. The van der Waals surface area contributed by atoms with Crippen molar-refractivity contribution in [2.75, 3.05) is 0 Å². The Labute approximate surface area is 90.0 Å². The zero-order valence-corrected chi connectivity index (χ0v) is 7.77. The van der Waals surface area contributed by atoms with Crippen LogP contribution in [0.25, 0.3) is 5.57 Å². The summed E-state index contributed by atoms with van der Waals surface area (Å²) in [4.78, 5) is 11.5. The molecule has 4 heteroatoms. The van der Waals surface area contributed by atoms with Crippen LogP contribution in [0, 0.1) is 22.7 Å². The van der Waals surface area contributed by atoms with Crippen LogP contribution in [0.3, 0.4) is 0 Å². The zero-order chi connectivity index (χ0) is 12.0. The smallest absolute Gasteiger partial charge is 0.187 e. The summed E-state index contributed by atoms with van der Waals surface area (Å²) in [6.07, 6.45) is 0. The molecule has 0 spiro atoms. The van der Waals surface area contributed by atoms with Crippen LogP contribution in [0.1, 0.15) is 5.56 Å². The van der Waals surface area contributed by atoms with Crippen molar-refractivity contribution in [3.05, 3.63) is 41.5 Å². The van der Waals surface area contributed by atoms with E-state index in [-0.39, 0.29) is 11.1 Å². The molecule has 69 valence electrons. The van der Waals surface area contributed by atoms with Crippen molar-refractivity contribution in [1.82, 2.24) is 0 Å². The van der Waals surface area contributed by atoms with Crippen LogP contribution in [0.5, 0.6) is 0 Å². The summed E-state index contributed by atoms with van der Waals surface area (Å²) in [5.41, 5.74) is -0.487. The first-order valence-corrected chi connectivity index (χ1v) is 4.10. The minimum Gasteiger partial charge on any atom is -0.307 e. The summed E-state index contributed by atoms with van der Waals surface area (Å²) in [7, 11) is 0.594. The van der Waals surface area contributed by atoms with Crippen LogP contribution in [0.2, 0.25) is 0 Å². The van der Waals surface area contributed by atoms with Gasteiger partial charge in [0.15, 0.2) is 7.81 Å². The van der Waals surface area contributed by atoms with E-state index in [9.17, 15) is 4.79 Å². The van der Waals surface area contributed by atoms with E-state index < -0.39 is 5.68 Å². The molecule has 0 aliphatic heterocycles. The maximum absolute atomic E-state index is 11.5. The van der Waals surface area contributed by atoms with Gasteiger partial charge in [0, 0.05) is 5.57 Å². The SMILES string of the molecule is [2H][B]C(=O)C(=C(C#N)C#N)c1ccccc1. The Morgan fingerprint density at radius 2 is 1.87 bits per heavy atom. The summed E-state index contributed by atoms with van der Waals surface area (Å²) in [6, 6.07) is 11.7. The summed E-state index contributed by atoms with van der Waals surface area (Å²) >= 11 is 0. The lowest BCUT2D eigenvalue weighted by molar-refractivity contribution is -0.107. The van der Waals surface area contributed by atoms with Crippen LogP contribution < -0.4 is 0 Å². The number of rotatable bonds is 3. The van der Waals surface area contributed by atoms with E-state index >= 15 is 0 Å². The zero-order valence-electron chi connectivity index (χ0n) is 8.77. The Bertz CT molecular complexity index is 495. The van der Waals surface area contributed by atoms with Crippen LogP contribution in [0.4, 0.5) is 0 Å². The molecule has 0 bridgehead atoms. The molecule has 0 aromatic heterocycles. The fourth-order valence-electron chi connectivity index (χ4n) is 1.15. The molecule has 0 unspecified atom stereocenters. The van der Waals surface area contributed by atoms with E-state index in [1.54, 1.807) is 42.5 Å². The lowest BCUT2D eigenvalue weighted by atomic mass is 9.87. The molecule has 0 N–H and O–H groups in total. The van der Waals surface area contributed by atoms with E-state index in [0.29, 0.717) is 13.4 Å². The molecule has 0 atom stereocenters. The number of benzene rings is 1. The van der Waals surface area contributed by atoms with Gasteiger partial charge in [-0.05, 0) is 6.90 Å². The molecule has 1 radical (unpaired) electrons. The predicted molar refractivity (Wildman–Crippen MR) is 56.7 cm³/mol. The topological polar surface area (TPSA) is 64.7 Å². The molecule has 1 aromatic carbocycles. The van der Waals surface area contributed by atoms with Crippen molar-refractivity contribution < 1.29 is 4.79 Å². The van der Waals surface area contributed by atoms with Gasteiger partial charge in [-0.3, -0.25) is 0 Å². The Hall–Kier alpha value is -2.33. The predicted octanol–water partition coefficient (Wildman–Crippen LogP) is 0.915. The van der Waals surface area contributed by atoms with Gasteiger partial charge in [0.25, 0.3) is 0 Å². The Balaban J connectivity index is 3.41. The molecule has 0 aliphatic carbocycles. The molecule has 0 fully saturated rings. The van der Waals surface area contributed by atoms with Gasteiger partial charge in [-0.2, -0.15) is 10.5 Å². The molecule has 1 aromatic rings. The van der Waals surface area contributed by atoms with Gasteiger partial charge in [-0.1, -0.05) is 30.3 Å². The third-order valence-electron chi connectivity index (χ3n) is 1.78. The third-order valence-corrected chi connectivity index (χ3v) is 1.78. The second kappa shape index (κ2) is 4.78. The summed E-state index contributed by atoms with van der Waals surface area (Å²) in [6.45, 7) is 0. The van der Waals surface area contributed by atoms with Crippen molar-refractivity contribution in [2.24, 2.45) is 0 Å². The quantitative estimate of drug-likeness (QED) is 0.408.